The van der Waals surface area contributed by atoms with E-state index in [-0.39, 0.29) is 18.9 Å². The van der Waals surface area contributed by atoms with Gasteiger partial charge in [-0.15, -0.1) is 0 Å². The Balaban J connectivity index is 1.39. The first-order valence-electron chi connectivity index (χ1n) is 34.3. The standard InChI is InChI=1S/C72H119NO18/c1-3-5-7-9-11-13-15-17-18-19-20-21-22-23-24-25-26-27-28-29-30-31-32-33-34-35-36-38-40-42-44-46-48-50-60(78)73-55(56(77)49-47-45-43-41-39-37-16-14-12-10-8-6-4-2)54-86-70-66(84)63(81)68(58(52-75)88-70)91-72-67(85)64(82)69(59(53-76)89-72)90-71-65(83)62(80)61(79)57(51-74)87-71/h5,7,11-14,17-18,20-21,23-24,26-27,29-30,39,41,47,49,55-59,61-72,74-77,79-85H,3-4,6,8-10,15-16,19,22,25,28,31-38,40,42-46,48,50-54H2,1-2H3,(H,73,78)/b7-5-,13-11-,14-12+,18-17-,21-20-,24-23-,27-26-,30-29-,41-39+,49-47+. The Hall–Kier alpha value is -3.81. The molecule has 91 heavy (non-hydrogen) atoms. The van der Waals surface area contributed by atoms with E-state index in [0.717, 1.165) is 103 Å². The molecule has 3 saturated heterocycles. The van der Waals surface area contributed by atoms with Crippen LogP contribution in [-0.4, -0.2) is 193 Å². The summed E-state index contributed by atoms with van der Waals surface area (Å²) in [6, 6.07) is -1.01. The molecule has 17 unspecified atom stereocenters. The van der Waals surface area contributed by atoms with Crippen molar-refractivity contribution >= 4 is 5.91 Å². The molecule has 520 valence electrons. The molecule has 0 spiro atoms. The van der Waals surface area contributed by atoms with Crippen LogP contribution in [0.3, 0.4) is 0 Å². The lowest BCUT2D eigenvalue weighted by Crippen LogP contribution is -2.66. The zero-order valence-electron chi connectivity index (χ0n) is 54.8. The van der Waals surface area contributed by atoms with E-state index in [0.29, 0.717) is 12.8 Å². The van der Waals surface area contributed by atoms with E-state index < -0.39 is 124 Å². The fourth-order valence-corrected chi connectivity index (χ4v) is 10.7. The number of rotatable bonds is 50. The summed E-state index contributed by atoms with van der Waals surface area (Å²) < 4.78 is 34.3. The number of hydrogen-bond acceptors (Lipinski definition) is 18. The van der Waals surface area contributed by atoms with Crippen LogP contribution in [0.1, 0.15) is 194 Å². The molecular weight excluding hydrogens is 1170 g/mol. The molecule has 3 aliphatic heterocycles. The molecule has 0 aromatic rings. The maximum atomic E-state index is 13.4. The van der Waals surface area contributed by atoms with Crippen molar-refractivity contribution in [3.63, 3.8) is 0 Å². The van der Waals surface area contributed by atoms with Gasteiger partial charge >= 0.3 is 0 Å². The van der Waals surface area contributed by atoms with E-state index in [1.807, 2.05) is 6.08 Å². The van der Waals surface area contributed by atoms with Crippen LogP contribution in [-0.2, 0) is 33.2 Å². The van der Waals surface area contributed by atoms with Gasteiger partial charge in [0.1, 0.15) is 73.2 Å². The Morgan fingerprint density at radius 2 is 0.769 bits per heavy atom. The molecule has 3 fully saturated rings. The van der Waals surface area contributed by atoms with E-state index in [9.17, 15) is 61.0 Å². The Morgan fingerprint density at radius 3 is 1.23 bits per heavy atom. The van der Waals surface area contributed by atoms with Crippen molar-refractivity contribution in [1.29, 1.82) is 0 Å². The number of amides is 1. The molecule has 19 nitrogen and oxygen atoms in total. The first-order chi connectivity index (χ1) is 44.3. The zero-order valence-corrected chi connectivity index (χ0v) is 54.8. The van der Waals surface area contributed by atoms with Crippen molar-refractivity contribution < 1.29 is 89.4 Å². The van der Waals surface area contributed by atoms with E-state index in [4.69, 9.17) is 28.4 Å². The number of aliphatic hydroxyl groups excluding tert-OH is 11. The highest BCUT2D eigenvalue weighted by Gasteiger charge is 2.53. The third-order valence-electron chi connectivity index (χ3n) is 16.2. The lowest BCUT2D eigenvalue weighted by atomic mass is 9.96. The summed E-state index contributed by atoms with van der Waals surface area (Å²) in [4.78, 5) is 13.4. The number of hydrogen-bond donors (Lipinski definition) is 12. The van der Waals surface area contributed by atoms with Gasteiger partial charge in [-0.1, -0.05) is 206 Å². The molecule has 0 aromatic heterocycles. The predicted octanol–water partition coefficient (Wildman–Crippen LogP) is 8.82. The van der Waals surface area contributed by atoms with Gasteiger partial charge in [-0.05, 0) is 103 Å². The number of aliphatic hydroxyl groups is 11. The molecule has 0 aliphatic carbocycles. The summed E-state index contributed by atoms with van der Waals surface area (Å²) in [5, 5.41) is 120. The minimum atomic E-state index is -1.99. The average Bonchev–Trinajstić information content (AvgIpc) is 0.871. The van der Waals surface area contributed by atoms with E-state index in [2.05, 4.69) is 129 Å². The van der Waals surface area contributed by atoms with Crippen LogP contribution < -0.4 is 5.32 Å². The van der Waals surface area contributed by atoms with Gasteiger partial charge in [-0.3, -0.25) is 4.79 Å². The maximum Gasteiger partial charge on any atom is 0.220 e. The second kappa shape index (κ2) is 52.5. The van der Waals surface area contributed by atoms with Crippen LogP contribution in [0.15, 0.2) is 122 Å². The van der Waals surface area contributed by atoms with Crippen molar-refractivity contribution in [2.24, 2.45) is 0 Å². The quantitative estimate of drug-likeness (QED) is 0.0200. The number of nitrogens with one attached hydrogen (secondary N) is 1. The number of carbonyl (C=O) groups is 1. The number of unbranched alkanes of at least 4 members (excludes halogenated alkanes) is 16. The van der Waals surface area contributed by atoms with Gasteiger partial charge in [-0.25, -0.2) is 0 Å². The summed E-state index contributed by atoms with van der Waals surface area (Å²) >= 11 is 0. The van der Waals surface area contributed by atoms with Gasteiger partial charge in [0.15, 0.2) is 18.9 Å². The molecular formula is C72H119NO18. The average molecular weight is 1290 g/mol. The molecule has 19 heteroatoms. The number of carbonyl (C=O) groups excluding carboxylic acids is 1. The van der Waals surface area contributed by atoms with Crippen molar-refractivity contribution in [2.45, 2.75) is 298 Å². The minimum Gasteiger partial charge on any atom is -0.394 e. The molecule has 1 amide bonds. The molecule has 0 aromatic carbocycles. The van der Waals surface area contributed by atoms with Crippen LogP contribution in [0, 0.1) is 0 Å². The minimum absolute atomic E-state index is 0.220. The second-order valence-electron chi connectivity index (χ2n) is 23.9. The number of ether oxygens (including phenoxy) is 6. The van der Waals surface area contributed by atoms with Gasteiger partial charge in [0.2, 0.25) is 5.91 Å². The Kier molecular flexibility index (Phi) is 46.9. The van der Waals surface area contributed by atoms with Crippen molar-refractivity contribution in [1.82, 2.24) is 5.32 Å². The molecule has 0 bridgehead atoms. The third kappa shape index (κ3) is 34.4. The van der Waals surface area contributed by atoms with E-state index in [1.54, 1.807) is 6.08 Å². The summed E-state index contributed by atoms with van der Waals surface area (Å²) in [6.45, 7) is 1.52. The molecule has 17 atom stereocenters. The lowest BCUT2D eigenvalue weighted by Gasteiger charge is -2.48. The van der Waals surface area contributed by atoms with Crippen LogP contribution in [0.4, 0.5) is 0 Å². The predicted molar refractivity (Wildman–Crippen MR) is 355 cm³/mol. The molecule has 0 radical (unpaired) electrons. The van der Waals surface area contributed by atoms with Gasteiger partial charge in [0.25, 0.3) is 0 Å². The third-order valence-corrected chi connectivity index (χ3v) is 16.2. The maximum absolute atomic E-state index is 13.4. The van der Waals surface area contributed by atoms with E-state index >= 15 is 0 Å². The van der Waals surface area contributed by atoms with Crippen molar-refractivity contribution in [2.75, 3.05) is 26.4 Å². The van der Waals surface area contributed by atoms with Crippen LogP contribution in [0.5, 0.6) is 0 Å². The second-order valence-corrected chi connectivity index (χ2v) is 23.9. The van der Waals surface area contributed by atoms with Crippen LogP contribution >= 0.6 is 0 Å². The molecule has 12 N–H and O–H groups in total. The van der Waals surface area contributed by atoms with Gasteiger partial charge in [0, 0.05) is 6.42 Å². The lowest BCUT2D eigenvalue weighted by molar-refractivity contribution is -0.379. The SMILES string of the molecule is CC/C=C\C/C=C\C/C=C\C/C=C\C/C=C\C/C=C\C/C=C\CCCCCCCCCCCCCC(=O)NC(COC1OC(CO)C(OC2OC(CO)C(OC3OC(CO)C(O)C(O)C3O)C(O)C2O)C(O)C1O)C(O)/C=C/CC/C=C/CC/C=C/CCCCC. The Bertz CT molecular complexity index is 2120. The number of allylic oxidation sites excluding steroid dienone is 19. The van der Waals surface area contributed by atoms with Crippen LogP contribution in [0.2, 0.25) is 0 Å². The smallest absolute Gasteiger partial charge is 0.220 e. The molecule has 3 rings (SSSR count). The highest BCUT2D eigenvalue weighted by atomic mass is 16.8. The Morgan fingerprint density at radius 1 is 0.407 bits per heavy atom. The molecule has 3 aliphatic rings. The zero-order chi connectivity index (χ0) is 66.1. The van der Waals surface area contributed by atoms with Crippen molar-refractivity contribution in [3.05, 3.63) is 122 Å². The molecule has 3 heterocycles. The summed E-state index contributed by atoms with van der Waals surface area (Å²) in [6.07, 6.45) is 44.7. The van der Waals surface area contributed by atoms with Gasteiger partial charge in [-0.2, -0.15) is 0 Å². The van der Waals surface area contributed by atoms with Gasteiger partial charge in [0.05, 0.1) is 38.6 Å². The highest BCUT2D eigenvalue weighted by molar-refractivity contribution is 5.76. The Labute approximate surface area is 544 Å². The monoisotopic (exact) mass is 1290 g/mol. The first-order valence-corrected chi connectivity index (χ1v) is 34.3. The summed E-state index contributed by atoms with van der Waals surface area (Å²) in [7, 11) is 0. The summed E-state index contributed by atoms with van der Waals surface area (Å²) in [5.74, 6) is -0.300. The van der Waals surface area contributed by atoms with Crippen LogP contribution in [0.25, 0.3) is 0 Å². The normalized spacial score (nSPS) is 28.6. The highest BCUT2D eigenvalue weighted by Crippen LogP contribution is 2.33. The first kappa shape index (κ1) is 81.4. The molecule has 0 saturated carbocycles. The fraction of sp³-hybridized carbons (Fsp3) is 0.708. The fourth-order valence-electron chi connectivity index (χ4n) is 10.7. The van der Waals surface area contributed by atoms with Gasteiger partial charge < -0.3 is 89.9 Å². The summed E-state index contributed by atoms with van der Waals surface area (Å²) in [5.41, 5.74) is 0. The topological polar surface area (TPSA) is 307 Å². The largest absolute Gasteiger partial charge is 0.394 e. The van der Waals surface area contributed by atoms with Crippen molar-refractivity contribution in [3.8, 4) is 0 Å². The van der Waals surface area contributed by atoms with E-state index in [1.165, 1.54) is 57.8 Å².